The van der Waals surface area contributed by atoms with Crippen molar-refractivity contribution < 1.29 is 0 Å². The van der Waals surface area contributed by atoms with Crippen LogP contribution in [0.3, 0.4) is 0 Å². The molecule has 3 rings (SSSR count). The van der Waals surface area contributed by atoms with Gasteiger partial charge in [-0.25, -0.2) is 0 Å². The molecular formula is C17H24N2OS. The van der Waals surface area contributed by atoms with Crippen LogP contribution in [0.4, 0.5) is 0 Å². The molecule has 4 heteroatoms. The molecule has 0 amide bonds. The van der Waals surface area contributed by atoms with Gasteiger partial charge in [0.25, 0.3) is 0 Å². The fraction of sp³-hybridized carbons (Fsp3) is 0.588. The Balaban J connectivity index is 1.97. The number of hydrogen-bond donors (Lipinski definition) is 0. The second kappa shape index (κ2) is 6.32. The molecule has 0 spiro atoms. The maximum Gasteiger partial charge on any atom is 0.309 e. The zero-order valence-electron chi connectivity index (χ0n) is 13.0. The minimum absolute atomic E-state index is 0.170. The van der Waals surface area contributed by atoms with Crippen LogP contribution in [-0.2, 0) is 6.42 Å². The van der Waals surface area contributed by atoms with E-state index in [1.807, 2.05) is 4.57 Å². The van der Waals surface area contributed by atoms with E-state index in [2.05, 4.69) is 36.9 Å². The molecule has 1 saturated heterocycles. The topological polar surface area (TPSA) is 25.2 Å². The molecule has 0 aliphatic carbocycles. The molecule has 1 atom stereocenters. The third-order valence-corrected chi connectivity index (χ3v) is 5.43. The Labute approximate surface area is 130 Å². The lowest BCUT2D eigenvalue weighted by Crippen LogP contribution is -2.37. The van der Waals surface area contributed by atoms with Crippen molar-refractivity contribution in [3.63, 3.8) is 0 Å². The second-order valence-corrected chi connectivity index (χ2v) is 7.01. The summed E-state index contributed by atoms with van der Waals surface area (Å²) in [6, 6.07) is 6.51. The standard InChI is InChI=1S/C17H24N2OS/c1-3-7-14-8-9-15-16(12-14)21-17(20)19(15)13(2)18-10-5-4-6-11-18/h8-9,12-13H,3-7,10-11H2,1-2H3. The number of hydrogen-bond acceptors (Lipinski definition) is 3. The van der Waals surface area contributed by atoms with Crippen LogP contribution in [-0.4, -0.2) is 22.6 Å². The van der Waals surface area contributed by atoms with E-state index in [4.69, 9.17) is 0 Å². The highest BCUT2D eigenvalue weighted by Crippen LogP contribution is 2.26. The van der Waals surface area contributed by atoms with E-state index in [1.165, 1.54) is 36.2 Å². The van der Waals surface area contributed by atoms with Gasteiger partial charge in [-0.05, 0) is 43.9 Å². The van der Waals surface area contributed by atoms with E-state index < -0.39 is 0 Å². The van der Waals surface area contributed by atoms with Gasteiger partial charge in [-0.3, -0.25) is 14.3 Å². The molecule has 1 fully saturated rings. The Morgan fingerprint density at radius 1 is 1.24 bits per heavy atom. The fourth-order valence-corrected chi connectivity index (χ4v) is 4.35. The SMILES string of the molecule is CCCc1ccc2c(c1)sc(=O)n2C(C)N1CCCCC1. The minimum Gasteiger partial charge on any atom is -0.283 e. The Kier molecular flexibility index (Phi) is 4.45. The summed E-state index contributed by atoms with van der Waals surface area (Å²) in [7, 11) is 0. The molecule has 0 radical (unpaired) electrons. The lowest BCUT2D eigenvalue weighted by atomic mass is 10.1. The summed E-state index contributed by atoms with van der Waals surface area (Å²) in [4.78, 5) is 15.1. The lowest BCUT2D eigenvalue weighted by Gasteiger charge is -2.32. The molecule has 1 aromatic carbocycles. The van der Waals surface area contributed by atoms with Gasteiger partial charge in [-0.15, -0.1) is 0 Å². The van der Waals surface area contributed by atoms with Crippen molar-refractivity contribution in [2.75, 3.05) is 13.1 Å². The molecule has 3 nitrogen and oxygen atoms in total. The van der Waals surface area contributed by atoms with Gasteiger partial charge in [0, 0.05) is 13.1 Å². The van der Waals surface area contributed by atoms with Crippen LogP contribution < -0.4 is 4.87 Å². The van der Waals surface area contributed by atoms with Crippen molar-refractivity contribution in [3.05, 3.63) is 33.4 Å². The van der Waals surface area contributed by atoms with Crippen LogP contribution in [0.15, 0.2) is 23.0 Å². The molecule has 2 aromatic rings. The molecule has 0 N–H and O–H groups in total. The number of benzene rings is 1. The second-order valence-electron chi connectivity index (χ2n) is 6.02. The van der Waals surface area contributed by atoms with Crippen molar-refractivity contribution >= 4 is 21.6 Å². The first-order valence-electron chi connectivity index (χ1n) is 8.08. The first-order chi connectivity index (χ1) is 10.2. The number of nitrogens with zero attached hydrogens (tertiary/aromatic N) is 2. The molecule has 1 unspecified atom stereocenters. The first-order valence-corrected chi connectivity index (χ1v) is 8.90. The summed E-state index contributed by atoms with van der Waals surface area (Å²) in [6.45, 7) is 6.58. The highest BCUT2D eigenvalue weighted by Gasteiger charge is 2.21. The number of aromatic nitrogens is 1. The van der Waals surface area contributed by atoms with E-state index in [1.54, 1.807) is 0 Å². The number of rotatable bonds is 4. The summed E-state index contributed by atoms with van der Waals surface area (Å²) in [5.74, 6) is 0. The molecule has 0 bridgehead atoms. The maximum atomic E-state index is 12.4. The van der Waals surface area contributed by atoms with Crippen LogP contribution in [0.25, 0.3) is 10.2 Å². The summed E-state index contributed by atoms with van der Waals surface area (Å²) in [5, 5.41) is 0. The Bertz CT molecular complexity index is 667. The van der Waals surface area contributed by atoms with E-state index in [-0.39, 0.29) is 11.0 Å². The smallest absolute Gasteiger partial charge is 0.283 e. The van der Waals surface area contributed by atoms with Crippen LogP contribution in [0, 0.1) is 0 Å². The molecule has 2 heterocycles. The highest BCUT2D eigenvalue weighted by atomic mass is 32.1. The maximum absolute atomic E-state index is 12.4. The van der Waals surface area contributed by atoms with Gasteiger partial charge in [-0.1, -0.05) is 37.2 Å². The van der Waals surface area contributed by atoms with Crippen LogP contribution in [0.1, 0.15) is 51.3 Å². The van der Waals surface area contributed by atoms with Crippen molar-refractivity contribution in [2.24, 2.45) is 0 Å². The predicted octanol–water partition coefficient (Wildman–Crippen LogP) is 4.02. The van der Waals surface area contributed by atoms with Crippen molar-refractivity contribution in [1.82, 2.24) is 9.47 Å². The summed E-state index contributed by atoms with van der Waals surface area (Å²) in [6.07, 6.45) is 6.23. The number of thiazole rings is 1. The molecule has 114 valence electrons. The van der Waals surface area contributed by atoms with Gasteiger partial charge in [0.1, 0.15) is 0 Å². The van der Waals surface area contributed by atoms with Gasteiger partial charge in [0.05, 0.1) is 16.4 Å². The monoisotopic (exact) mass is 304 g/mol. The van der Waals surface area contributed by atoms with Gasteiger partial charge in [0.15, 0.2) is 0 Å². The number of aryl methyl sites for hydroxylation is 1. The van der Waals surface area contributed by atoms with Crippen molar-refractivity contribution in [3.8, 4) is 0 Å². The third kappa shape index (κ3) is 2.92. The molecule has 1 aliphatic heterocycles. The van der Waals surface area contributed by atoms with Crippen LogP contribution in [0.2, 0.25) is 0 Å². The van der Waals surface area contributed by atoms with E-state index in [0.29, 0.717) is 0 Å². The molecule has 21 heavy (non-hydrogen) atoms. The molecule has 0 saturated carbocycles. The van der Waals surface area contributed by atoms with Crippen molar-refractivity contribution in [1.29, 1.82) is 0 Å². The highest BCUT2D eigenvalue weighted by molar-refractivity contribution is 7.16. The van der Waals surface area contributed by atoms with Crippen molar-refractivity contribution in [2.45, 2.75) is 52.1 Å². The first kappa shape index (κ1) is 14.8. The quantitative estimate of drug-likeness (QED) is 0.852. The number of fused-ring (bicyclic) bond motifs is 1. The normalized spacial score (nSPS) is 18.2. The minimum atomic E-state index is 0.170. The Morgan fingerprint density at radius 2 is 2.00 bits per heavy atom. The van der Waals surface area contributed by atoms with Crippen LogP contribution in [0.5, 0.6) is 0 Å². The summed E-state index contributed by atoms with van der Waals surface area (Å²) >= 11 is 1.39. The van der Waals surface area contributed by atoms with E-state index >= 15 is 0 Å². The summed E-state index contributed by atoms with van der Waals surface area (Å²) in [5.41, 5.74) is 2.44. The Morgan fingerprint density at radius 3 is 2.71 bits per heavy atom. The molecule has 1 aromatic heterocycles. The third-order valence-electron chi connectivity index (χ3n) is 4.51. The molecular weight excluding hydrogens is 280 g/mol. The average Bonchev–Trinajstić information content (AvgIpc) is 2.83. The van der Waals surface area contributed by atoms with E-state index in [0.717, 1.165) is 36.1 Å². The number of likely N-dealkylation sites (tertiary alicyclic amines) is 1. The number of piperidine rings is 1. The zero-order chi connectivity index (χ0) is 14.8. The van der Waals surface area contributed by atoms with Gasteiger partial charge in [-0.2, -0.15) is 0 Å². The lowest BCUT2D eigenvalue weighted by molar-refractivity contribution is 0.128. The largest absolute Gasteiger partial charge is 0.309 e. The van der Waals surface area contributed by atoms with Crippen LogP contribution >= 0.6 is 11.3 Å². The average molecular weight is 304 g/mol. The van der Waals surface area contributed by atoms with E-state index in [9.17, 15) is 4.79 Å². The molecule has 1 aliphatic rings. The summed E-state index contributed by atoms with van der Waals surface area (Å²) < 4.78 is 3.12. The van der Waals surface area contributed by atoms with Gasteiger partial charge in [0.2, 0.25) is 0 Å². The Hall–Kier alpha value is -1.13. The van der Waals surface area contributed by atoms with Gasteiger partial charge < -0.3 is 0 Å². The fourth-order valence-electron chi connectivity index (χ4n) is 3.33. The zero-order valence-corrected chi connectivity index (χ0v) is 13.8. The predicted molar refractivity (Wildman–Crippen MR) is 90.2 cm³/mol. The van der Waals surface area contributed by atoms with Gasteiger partial charge >= 0.3 is 4.87 Å².